The fourth-order valence-electron chi connectivity index (χ4n) is 3.17. The van der Waals surface area contributed by atoms with Gasteiger partial charge in [-0.15, -0.1) is 12.4 Å². The minimum Gasteiger partial charge on any atom is -0.493 e. The van der Waals surface area contributed by atoms with Crippen molar-refractivity contribution in [2.75, 3.05) is 33.4 Å². The van der Waals surface area contributed by atoms with Crippen molar-refractivity contribution < 1.29 is 14.3 Å². The Morgan fingerprint density at radius 2 is 1.81 bits per heavy atom. The lowest BCUT2D eigenvalue weighted by Crippen LogP contribution is -2.50. The van der Waals surface area contributed by atoms with Gasteiger partial charge in [0.15, 0.2) is 0 Å². The summed E-state index contributed by atoms with van der Waals surface area (Å²) < 4.78 is 11.1. The molecule has 26 heavy (non-hydrogen) atoms. The van der Waals surface area contributed by atoms with E-state index in [-0.39, 0.29) is 24.4 Å². The van der Waals surface area contributed by atoms with Crippen molar-refractivity contribution in [1.29, 1.82) is 0 Å². The van der Waals surface area contributed by atoms with Crippen molar-refractivity contribution in [2.45, 2.75) is 39.7 Å². The van der Waals surface area contributed by atoms with E-state index in [1.54, 1.807) is 7.11 Å². The Balaban J connectivity index is 0.00000338. The highest BCUT2D eigenvalue weighted by molar-refractivity contribution is 5.85. The fourth-order valence-corrected chi connectivity index (χ4v) is 3.17. The number of piperidine rings is 1. The van der Waals surface area contributed by atoms with E-state index in [0.717, 1.165) is 37.2 Å². The van der Waals surface area contributed by atoms with Crippen LogP contribution >= 0.6 is 12.4 Å². The van der Waals surface area contributed by atoms with Gasteiger partial charge in [0.25, 0.3) is 0 Å². The van der Waals surface area contributed by atoms with Crippen LogP contribution in [-0.4, -0.2) is 39.3 Å². The lowest BCUT2D eigenvalue weighted by molar-refractivity contribution is -0.136. The Morgan fingerprint density at radius 1 is 1.19 bits per heavy atom. The van der Waals surface area contributed by atoms with E-state index in [4.69, 9.17) is 9.47 Å². The van der Waals surface area contributed by atoms with Crippen LogP contribution in [0, 0.1) is 11.3 Å². The monoisotopic (exact) mass is 384 g/mol. The maximum atomic E-state index is 12.9. The molecule has 1 aromatic carbocycles. The fraction of sp³-hybridized carbons (Fsp3) is 0.650. The van der Waals surface area contributed by atoms with Gasteiger partial charge in [-0.2, -0.15) is 0 Å². The minimum atomic E-state index is -0.422. The van der Waals surface area contributed by atoms with Gasteiger partial charge < -0.3 is 20.1 Å². The Morgan fingerprint density at radius 3 is 2.35 bits per heavy atom. The second-order valence-corrected chi connectivity index (χ2v) is 7.43. The molecule has 0 aromatic heterocycles. The van der Waals surface area contributed by atoms with Crippen molar-refractivity contribution >= 4 is 18.3 Å². The zero-order chi connectivity index (χ0) is 18.3. The number of carbonyl (C=O) groups is 1. The Hall–Kier alpha value is -1.30. The Kier molecular flexibility index (Phi) is 9.41. The van der Waals surface area contributed by atoms with Crippen LogP contribution in [-0.2, 0) is 9.53 Å². The lowest BCUT2D eigenvalue weighted by Gasteiger charge is -2.36. The maximum absolute atomic E-state index is 12.9. The molecule has 0 aliphatic carbocycles. The average Bonchev–Trinajstić information content (AvgIpc) is 2.61. The zero-order valence-electron chi connectivity index (χ0n) is 16.3. The first kappa shape index (κ1) is 22.7. The average molecular weight is 385 g/mol. The molecule has 6 heteroatoms. The van der Waals surface area contributed by atoms with Gasteiger partial charge >= 0.3 is 0 Å². The number of hydrogen-bond donors (Lipinski definition) is 2. The molecule has 2 rings (SSSR count). The molecule has 1 amide bonds. The summed E-state index contributed by atoms with van der Waals surface area (Å²) in [7, 11) is 1.66. The highest BCUT2D eigenvalue weighted by Gasteiger charge is 2.40. The lowest BCUT2D eigenvalue weighted by atomic mass is 9.78. The largest absolute Gasteiger partial charge is 0.493 e. The first-order valence-electron chi connectivity index (χ1n) is 9.20. The first-order chi connectivity index (χ1) is 12.0. The molecule has 0 radical (unpaired) electrons. The van der Waals surface area contributed by atoms with Crippen LogP contribution in [0.1, 0.15) is 45.2 Å². The van der Waals surface area contributed by atoms with E-state index in [1.807, 2.05) is 31.2 Å². The molecular formula is C20H33ClN2O3. The van der Waals surface area contributed by atoms with E-state index < -0.39 is 5.41 Å². The van der Waals surface area contributed by atoms with Crippen molar-refractivity contribution in [3.05, 3.63) is 29.8 Å². The highest BCUT2D eigenvalue weighted by Crippen LogP contribution is 2.30. The summed E-state index contributed by atoms with van der Waals surface area (Å²) in [6, 6.07) is 7.93. The van der Waals surface area contributed by atoms with Gasteiger partial charge in [-0.1, -0.05) is 26.0 Å². The molecule has 1 saturated heterocycles. The first-order valence-corrected chi connectivity index (χ1v) is 9.20. The number of halogens is 1. The molecular weight excluding hydrogens is 352 g/mol. The number of nitrogens with one attached hydrogen (secondary N) is 2. The van der Waals surface area contributed by atoms with Gasteiger partial charge in [0, 0.05) is 7.11 Å². The maximum Gasteiger partial charge on any atom is 0.229 e. The smallest absolute Gasteiger partial charge is 0.229 e. The summed E-state index contributed by atoms with van der Waals surface area (Å²) in [4.78, 5) is 12.9. The Bertz CT molecular complexity index is 537. The third kappa shape index (κ3) is 6.15. The molecule has 5 nitrogen and oxygen atoms in total. The Labute approximate surface area is 163 Å². The van der Waals surface area contributed by atoms with Crippen molar-refractivity contribution in [2.24, 2.45) is 11.3 Å². The molecule has 0 saturated carbocycles. The number of ether oxygens (including phenoxy) is 2. The standard InChI is InChI=1S/C20H32N2O3.ClH/c1-15(2)13-25-18-7-5-17(6-8-18)16(3)22-19(23)20(14-24-4)9-11-21-12-10-20;/h5-8,15-16,21H,9-14H2,1-4H3,(H,22,23);1H. The predicted octanol–water partition coefficient (Wildman–Crippen LogP) is 3.34. The number of amides is 1. The normalized spacial score (nSPS) is 17.3. The van der Waals surface area contributed by atoms with Gasteiger partial charge in [-0.3, -0.25) is 4.79 Å². The molecule has 1 aliphatic heterocycles. The molecule has 2 N–H and O–H groups in total. The zero-order valence-corrected chi connectivity index (χ0v) is 17.2. The van der Waals surface area contributed by atoms with Gasteiger partial charge in [-0.05, 0) is 56.5 Å². The summed E-state index contributed by atoms with van der Waals surface area (Å²) in [5.41, 5.74) is 0.654. The molecule has 1 fully saturated rings. The van der Waals surface area contributed by atoms with E-state index in [9.17, 15) is 4.79 Å². The number of carbonyl (C=O) groups excluding carboxylic acids is 1. The summed E-state index contributed by atoms with van der Waals surface area (Å²) in [5, 5.41) is 6.49. The molecule has 1 aromatic rings. The van der Waals surface area contributed by atoms with E-state index in [2.05, 4.69) is 24.5 Å². The molecule has 1 atom stereocenters. The molecule has 148 valence electrons. The topological polar surface area (TPSA) is 59.6 Å². The third-order valence-corrected chi connectivity index (χ3v) is 4.77. The summed E-state index contributed by atoms with van der Waals surface area (Å²) in [6.45, 7) is 9.16. The van der Waals surface area contributed by atoms with E-state index in [1.165, 1.54) is 0 Å². The SMILES string of the molecule is COCC1(C(=O)NC(C)c2ccc(OCC(C)C)cc2)CCNCC1.Cl. The molecule has 1 unspecified atom stereocenters. The van der Waals surface area contributed by atoms with Crippen molar-refractivity contribution in [3.63, 3.8) is 0 Å². The number of methoxy groups -OCH3 is 1. The third-order valence-electron chi connectivity index (χ3n) is 4.77. The molecule has 1 heterocycles. The van der Waals surface area contributed by atoms with Crippen LogP contribution in [0.15, 0.2) is 24.3 Å². The number of hydrogen-bond acceptors (Lipinski definition) is 4. The summed E-state index contributed by atoms with van der Waals surface area (Å²) in [5.74, 6) is 1.45. The minimum absolute atomic E-state index is 0. The van der Waals surface area contributed by atoms with Gasteiger partial charge in [0.1, 0.15) is 5.75 Å². The quantitative estimate of drug-likeness (QED) is 0.721. The van der Waals surface area contributed by atoms with Crippen LogP contribution in [0.2, 0.25) is 0 Å². The summed E-state index contributed by atoms with van der Waals surface area (Å²) in [6.07, 6.45) is 1.61. The number of benzene rings is 1. The van der Waals surface area contributed by atoms with E-state index in [0.29, 0.717) is 19.1 Å². The van der Waals surface area contributed by atoms with E-state index >= 15 is 0 Å². The van der Waals surface area contributed by atoms with Crippen LogP contribution in [0.3, 0.4) is 0 Å². The summed E-state index contributed by atoms with van der Waals surface area (Å²) >= 11 is 0. The number of rotatable bonds is 8. The second-order valence-electron chi connectivity index (χ2n) is 7.43. The second kappa shape index (κ2) is 10.8. The van der Waals surface area contributed by atoms with Crippen LogP contribution in [0.5, 0.6) is 5.75 Å². The highest BCUT2D eigenvalue weighted by atomic mass is 35.5. The van der Waals surface area contributed by atoms with Crippen LogP contribution in [0.4, 0.5) is 0 Å². The molecule has 0 spiro atoms. The molecule has 1 aliphatic rings. The van der Waals surface area contributed by atoms with Gasteiger partial charge in [0.05, 0.1) is 24.7 Å². The van der Waals surface area contributed by atoms with Crippen LogP contribution in [0.25, 0.3) is 0 Å². The van der Waals surface area contributed by atoms with Gasteiger partial charge in [-0.25, -0.2) is 0 Å². The van der Waals surface area contributed by atoms with Crippen molar-refractivity contribution in [3.8, 4) is 5.75 Å². The van der Waals surface area contributed by atoms with Crippen molar-refractivity contribution in [1.82, 2.24) is 10.6 Å². The predicted molar refractivity (Wildman–Crippen MR) is 107 cm³/mol. The molecule has 0 bridgehead atoms. The van der Waals surface area contributed by atoms with Gasteiger partial charge in [0.2, 0.25) is 5.91 Å². The van der Waals surface area contributed by atoms with Crippen LogP contribution < -0.4 is 15.4 Å².